The van der Waals surface area contributed by atoms with Crippen LogP contribution in [0.4, 0.5) is 13.2 Å². The number of hydrogen-bond donors (Lipinski definition) is 0. The Balaban J connectivity index is 1.90. The molecule has 0 aliphatic heterocycles. The van der Waals surface area contributed by atoms with Gasteiger partial charge in [0.1, 0.15) is 5.75 Å². The molecule has 1 atom stereocenters. The summed E-state index contributed by atoms with van der Waals surface area (Å²) in [5.74, 6) is 0.504. The molecule has 0 saturated carbocycles. The lowest BCUT2D eigenvalue weighted by atomic mass is 10.1. The van der Waals surface area contributed by atoms with Crippen molar-refractivity contribution >= 4 is 22.7 Å². The molecule has 0 aliphatic carbocycles. The van der Waals surface area contributed by atoms with Crippen LogP contribution < -0.4 is 10.4 Å². The molecule has 136 valence electrons. The van der Waals surface area contributed by atoms with E-state index in [1.165, 1.54) is 19.2 Å². The third kappa shape index (κ3) is 3.85. The molecule has 1 aromatic heterocycles. The van der Waals surface area contributed by atoms with E-state index in [1.807, 2.05) is 0 Å². The molecule has 4 nitrogen and oxygen atoms in total. The van der Waals surface area contributed by atoms with E-state index in [2.05, 4.69) is 4.98 Å². The maximum atomic E-state index is 12.9. The van der Waals surface area contributed by atoms with Gasteiger partial charge in [-0.25, -0.2) is 9.78 Å². The van der Waals surface area contributed by atoms with Crippen molar-refractivity contribution in [1.29, 1.82) is 0 Å². The Bertz CT molecular complexity index is 1000. The lowest BCUT2D eigenvalue weighted by molar-refractivity contribution is -0.137. The molecular formula is C18H14F3NO3S. The van der Waals surface area contributed by atoms with Gasteiger partial charge in [0.05, 0.1) is 23.6 Å². The second-order valence-corrected chi connectivity index (χ2v) is 6.83. The lowest BCUT2D eigenvalue weighted by Crippen LogP contribution is -2.06. The van der Waals surface area contributed by atoms with E-state index >= 15 is 0 Å². The van der Waals surface area contributed by atoms with E-state index < -0.39 is 17.4 Å². The minimum Gasteiger partial charge on any atom is -0.497 e. The van der Waals surface area contributed by atoms with Gasteiger partial charge in [0.2, 0.25) is 0 Å². The monoisotopic (exact) mass is 381 g/mol. The first-order valence-electron chi connectivity index (χ1n) is 7.60. The Morgan fingerprint density at radius 2 is 1.96 bits per heavy atom. The van der Waals surface area contributed by atoms with Crippen LogP contribution in [-0.2, 0) is 6.18 Å². The molecule has 1 unspecified atom stereocenters. The summed E-state index contributed by atoms with van der Waals surface area (Å²) in [4.78, 5) is 16.4. The molecular weight excluding hydrogens is 367 g/mol. The topological polar surface area (TPSA) is 52.3 Å². The largest absolute Gasteiger partial charge is 0.497 e. The van der Waals surface area contributed by atoms with Gasteiger partial charge in [-0.2, -0.15) is 13.2 Å². The molecule has 3 aromatic rings. The average Bonchev–Trinajstić information content (AvgIpc) is 2.61. The number of nitrogens with zero attached hydrogens (tertiary/aromatic N) is 1. The number of halogens is 3. The minimum atomic E-state index is -4.41. The van der Waals surface area contributed by atoms with E-state index in [9.17, 15) is 18.0 Å². The van der Waals surface area contributed by atoms with Crippen LogP contribution in [0, 0.1) is 0 Å². The smallest absolute Gasteiger partial charge is 0.416 e. The summed E-state index contributed by atoms with van der Waals surface area (Å²) in [6, 6.07) is 9.87. The van der Waals surface area contributed by atoms with Crippen LogP contribution in [-0.4, -0.2) is 12.1 Å². The number of hydrogen-bond acceptors (Lipinski definition) is 5. The van der Waals surface area contributed by atoms with Gasteiger partial charge in [0.15, 0.2) is 0 Å². The van der Waals surface area contributed by atoms with Gasteiger partial charge in [-0.3, -0.25) is 0 Å². The third-order valence-corrected chi connectivity index (χ3v) is 4.78. The van der Waals surface area contributed by atoms with Crippen LogP contribution >= 0.6 is 11.8 Å². The summed E-state index contributed by atoms with van der Waals surface area (Å²) >= 11 is 1.08. The summed E-state index contributed by atoms with van der Waals surface area (Å²) < 4.78 is 48.8. The molecule has 8 heteroatoms. The summed E-state index contributed by atoms with van der Waals surface area (Å²) in [7, 11) is 1.48. The van der Waals surface area contributed by atoms with Crippen molar-refractivity contribution in [3.8, 4) is 5.75 Å². The standard InChI is InChI=1S/C18H14F3NO3S/c1-10(11-4-3-5-12(8-11)18(19,20)21)26-17-22-15-7-6-13(24-2)9-14(15)16(23)25-17/h3-10H,1-2H3. The lowest BCUT2D eigenvalue weighted by Gasteiger charge is -2.13. The van der Waals surface area contributed by atoms with Crippen molar-refractivity contribution in [3.63, 3.8) is 0 Å². The zero-order valence-electron chi connectivity index (χ0n) is 13.8. The molecule has 0 saturated heterocycles. The molecule has 0 fully saturated rings. The van der Waals surface area contributed by atoms with Gasteiger partial charge in [-0.05, 0) is 36.8 Å². The van der Waals surface area contributed by atoms with Crippen molar-refractivity contribution in [1.82, 2.24) is 4.98 Å². The number of aromatic nitrogens is 1. The summed E-state index contributed by atoms with van der Waals surface area (Å²) in [5.41, 5.74) is -0.403. The number of benzene rings is 2. The first-order chi connectivity index (χ1) is 12.3. The van der Waals surface area contributed by atoms with Gasteiger partial charge >= 0.3 is 11.8 Å². The van der Waals surface area contributed by atoms with E-state index in [0.717, 1.165) is 23.9 Å². The second kappa shape index (κ2) is 7.03. The van der Waals surface area contributed by atoms with E-state index in [0.29, 0.717) is 16.8 Å². The summed E-state index contributed by atoms with van der Waals surface area (Å²) in [6.07, 6.45) is -4.41. The fraction of sp³-hybridized carbons (Fsp3) is 0.222. The first-order valence-corrected chi connectivity index (χ1v) is 8.48. The predicted molar refractivity (Wildman–Crippen MR) is 92.5 cm³/mol. The van der Waals surface area contributed by atoms with Gasteiger partial charge < -0.3 is 9.15 Å². The van der Waals surface area contributed by atoms with Crippen molar-refractivity contribution in [3.05, 3.63) is 64.0 Å². The molecule has 0 bridgehead atoms. The van der Waals surface area contributed by atoms with E-state index in [1.54, 1.807) is 25.1 Å². The number of methoxy groups -OCH3 is 1. The van der Waals surface area contributed by atoms with Crippen LogP contribution in [0.5, 0.6) is 5.75 Å². The molecule has 0 spiro atoms. The van der Waals surface area contributed by atoms with Crippen molar-refractivity contribution < 1.29 is 22.3 Å². The van der Waals surface area contributed by atoms with Crippen molar-refractivity contribution in [2.75, 3.05) is 7.11 Å². The summed E-state index contributed by atoms with van der Waals surface area (Å²) in [5, 5.41) is -0.0124. The third-order valence-electron chi connectivity index (χ3n) is 3.78. The highest BCUT2D eigenvalue weighted by Gasteiger charge is 2.30. The predicted octanol–water partition coefficient (Wildman–Crippen LogP) is 5.07. The van der Waals surface area contributed by atoms with Crippen molar-refractivity contribution in [2.45, 2.75) is 23.6 Å². The number of ether oxygens (including phenoxy) is 1. The Morgan fingerprint density at radius 1 is 1.19 bits per heavy atom. The highest BCUT2D eigenvalue weighted by atomic mass is 32.2. The Labute approximate surface area is 151 Å². The van der Waals surface area contributed by atoms with Crippen LogP contribution in [0.1, 0.15) is 23.3 Å². The van der Waals surface area contributed by atoms with Gasteiger partial charge in [-0.15, -0.1) is 0 Å². The molecule has 0 aliphatic rings. The average molecular weight is 381 g/mol. The quantitative estimate of drug-likeness (QED) is 0.591. The molecule has 3 rings (SSSR count). The van der Waals surface area contributed by atoms with Crippen LogP contribution in [0.15, 0.2) is 56.9 Å². The number of rotatable bonds is 4. The highest BCUT2D eigenvalue weighted by molar-refractivity contribution is 7.99. The molecule has 26 heavy (non-hydrogen) atoms. The van der Waals surface area contributed by atoms with Gasteiger partial charge in [-0.1, -0.05) is 30.0 Å². The molecule has 1 heterocycles. The number of alkyl halides is 3. The zero-order valence-corrected chi connectivity index (χ0v) is 14.6. The van der Waals surface area contributed by atoms with Crippen LogP contribution in [0.2, 0.25) is 0 Å². The molecule has 0 N–H and O–H groups in total. The first kappa shape index (κ1) is 18.3. The SMILES string of the molecule is COc1ccc2nc(SC(C)c3cccc(C(F)(F)F)c3)oc(=O)c2c1. The summed E-state index contributed by atoms with van der Waals surface area (Å²) in [6.45, 7) is 1.72. The van der Waals surface area contributed by atoms with Gasteiger partial charge in [0.25, 0.3) is 5.22 Å². The Hall–Kier alpha value is -2.48. The maximum absolute atomic E-state index is 12.9. The Kier molecular flexibility index (Phi) is 4.95. The Morgan fingerprint density at radius 3 is 2.65 bits per heavy atom. The normalized spacial score (nSPS) is 13.0. The number of thioether (sulfide) groups is 1. The minimum absolute atomic E-state index is 0.0950. The van der Waals surface area contributed by atoms with E-state index in [4.69, 9.17) is 9.15 Å². The molecule has 2 aromatic carbocycles. The fourth-order valence-electron chi connectivity index (χ4n) is 2.40. The highest BCUT2D eigenvalue weighted by Crippen LogP contribution is 2.37. The number of fused-ring (bicyclic) bond motifs is 1. The zero-order chi connectivity index (χ0) is 18.9. The van der Waals surface area contributed by atoms with Gasteiger partial charge in [0, 0.05) is 5.25 Å². The van der Waals surface area contributed by atoms with Crippen LogP contribution in [0.3, 0.4) is 0 Å². The van der Waals surface area contributed by atoms with E-state index in [-0.39, 0.29) is 15.9 Å². The second-order valence-electron chi connectivity index (χ2n) is 5.53. The maximum Gasteiger partial charge on any atom is 0.416 e. The molecule has 0 radical (unpaired) electrons. The fourth-order valence-corrected chi connectivity index (χ4v) is 3.26. The molecule has 0 amide bonds. The van der Waals surface area contributed by atoms with Crippen LogP contribution in [0.25, 0.3) is 10.9 Å². The van der Waals surface area contributed by atoms with Crippen molar-refractivity contribution in [2.24, 2.45) is 0 Å².